The Bertz CT molecular complexity index is 701. The highest BCUT2D eigenvalue weighted by Gasteiger charge is 2.20. The van der Waals surface area contributed by atoms with Crippen LogP contribution >= 0.6 is 0 Å². The molecule has 1 heterocycles. The Morgan fingerprint density at radius 2 is 2.05 bits per heavy atom. The van der Waals surface area contributed by atoms with E-state index in [4.69, 9.17) is 5.26 Å². The van der Waals surface area contributed by atoms with Crippen LogP contribution in [-0.2, 0) is 12.8 Å². The number of amides is 1. The molecule has 2 aromatic rings. The summed E-state index contributed by atoms with van der Waals surface area (Å²) in [6.45, 7) is 0. The molecule has 104 valence electrons. The van der Waals surface area contributed by atoms with Crippen LogP contribution in [0.15, 0.2) is 42.6 Å². The molecule has 1 aliphatic rings. The number of benzene rings is 1. The van der Waals surface area contributed by atoms with Gasteiger partial charge in [-0.1, -0.05) is 24.3 Å². The smallest absolute Gasteiger partial charge is 0.270 e. The van der Waals surface area contributed by atoms with Crippen LogP contribution < -0.4 is 5.32 Å². The van der Waals surface area contributed by atoms with Crippen LogP contribution in [-0.4, -0.2) is 16.9 Å². The van der Waals surface area contributed by atoms with Gasteiger partial charge < -0.3 is 5.32 Å². The second-order valence-corrected chi connectivity index (χ2v) is 5.23. The number of fused-ring (bicyclic) bond motifs is 1. The lowest BCUT2D eigenvalue weighted by molar-refractivity contribution is 0.0928. The van der Waals surface area contributed by atoms with Gasteiger partial charge in [-0.15, -0.1) is 0 Å². The normalized spacial score (nSPS) is 16.6. The molecule has 0 spiro atoms. The van der Waals surface area contributed by atoms with Crippen molar-refractivity contribution in [1.82, 2.24) is 10.3 Å². The summed E-state index contributed by atoms with van der Waals surface area (Å²) < 4.78 is 0. The van der Waals surface area contributed by atoms with Gasteiger partial charge in [0.2, 0.25) is 0 Å². The fourth-order valence-electron chi connectivity index (χ4n) is 2.67. The van der Waals surface area contributed by atoms with E-state index in [1.165, 1.54) is 17.3 Å². The van der Waals surface area contributed by atoms with Crippen molar-refractivity contribution in [2.75, 3.05) is 0 Å². The minimum atomic E-state index is -0.177. The predicted molar refractivity (Wildman–Crippen MR) is 78.7 cm³/mol. The average molecular weight is 277 g/mol. The number of rotatable bonds is 2. The number of aromatic nitrogens is 1. The predicted octanol–water partition coefficient (Wildman–Crippen LogP) is 2.24. The molecule has 4 heteroatoms. The van der Waals surface area contributed by atoms with E-state index < -0.39 is 0 Å². The number of hydrogen-bond acceptors (Lipinski definition) is 3. The molecule has 1 aromatic heterocycles. The van der Waals surface area contributed by atoms with Gasteiger partial charge in [-0.25, -0.2) is 4.98 Å². The Labute approximate surface area is 123 Å². The van der Waals surface area contributed by atoms with E-state index in [2.05, 4.69) is 28.5 Å². The van der Waals surface area contributed by atoms with E-state index in [-0.39, 0.29) is 11.9 Å². The minimum absolute atomic E-state index is 0.143. The highest BCUT2D eigenvalue weighted by Crippen LogP contribution is 2.21. The number of carbonyl (C=O) groups excluding carboxylic acids is 1. The van der Waals surface area contributed by atoms with Crippen molar-refractivity contribution in [2.24, 2.45) is 0 Å². The van der Waals surface area contributed by atoms with Gasteiger partial charge in [0.05, 0.1) is 5.56 Å². The van der Waals surface area contributed by atoms with E-state index in [1.54, 1.807) is 12.1 Å². The van der Waals surface area contributed by atoms with Crippen LogP contribution in [0.2, 0.25) is 0 Å². The molecule has 0 radical (unpaired) electrons. The molecule has 0 saturated carbocycles. The van der Waals surface area contributed by atoms with Crippen LogP contribution in [0.25, 0.3) is 0 Å². The number of nitrogens with zero attached hydrogens (tertiary/aromatic N) is 2. The molecular formula is C17H15N3O. The molecule has 1 atom stereocenters. The van der Waals surface area contributed by atoms with Crippen LogP contribution in [0, 0.1) is 11.3 Å². The van der Waals surface area contributed by atoms with Crippen molar-refractivity contribution in [2.45, 2.75) is 25.3 Å². The standard InChI is InChI=1S/C17H15N3O/c18-10-12-5-8-16(19-11-12)17(21)20-15-7-6-13-3-1-2-4-14(13)9-15/h1-5,8,11,15H,6-7,9H2,(H,20,21). The number of hydrogen-bond donors (Lipinski definition) is 1. The maximum Gasteiger partial charge on any atom is 0.270 e. The number of nitriles is 1. The third kappa shape index (κ3) is 2.92. The summed E-state index contributed by atoms with van der Waals surface area (Å²) in [4.78, 5) is 16.2. The monoisotopic (exact) mass is 277 g/mol. The summed E-state index contributed by atoms with van der Waals surface area (Å²) in [6, 6.07) is 13.7. The quantitative estimate of drug-likeness (QED) is 0.915. The molecule has 0 aliphatic heterocycles. The van der Waals surface area contributed by atoms with Gasteiger partial charge in [-0.2, -0.15) is 5.26 Å². The van der Waals surface area contributed by atoms with Crippen molar-refractivity contribution in [3.05, 3.63) is 65.0 Å². The first-order chi connectivity index (χ1) is 10.3. The second kappa shape index (κ2) is 5.76. The Morgan fingerprint density at radius 3 is 2.76 bits per heavy atom. The second-order valence-electron chi connectivity index (χ2n) is 5.23. The summed E-state index contributed by atoms with van der Waals surface area (Å²) in [7, 11) is 0. The SMILES string of the molecule is N#Cc1ccc(C(=O)NC2CCc3ccccc3C2)nc1. The summed E-state index contributed by atoms with van der Waals surface area (Å²) in [5.41, 5.74) is 3.49. The number of aryl methyl sites for hydroxylation is 1. The largest absolute Gasteiger partial charge is 0.348 e. The number of carbonyl (C=O) groups is 1. The van der Waals surface area contributed by atoms with Crippen molar-refractivity contribution >= 4 is 5.91 Å². The zero-order chi connectivity index (χ0) is 14.7. The molecule has 0 bridgehead atoms. The van der Waals surface area contributed by atoms with Crippen LogP contribution in [0.4, 0.5) is 0 Å². The van der Waals surface area contributed by atoms with Crippen LogP contribution in [0.1, 0.15) is 33.6 Å². The van der Waals surface area contributed by atoms with Gasteiger partial charge in [0.1, 0.15) is 11.8 Å². The van der Waals surface area contributed by atoms with Crippen molar-refractivity contribution < 1.29 is 4.79 Å². The Morgan fingerprint density at radius 1 is 1.24 bits per heavy atom. The third-order valence-corrected chi connectivity index (χ3v) is 3.81. The molecule has 4 nitrogen and oxygen atoms in total. The van der Waals surface area contributed by atoms with E-state index >= 15 is 0 Å². The molecule has 1 aliphatic carbocycles. The van der Waals surface area contributed by atoms with Gasteiger partial charge in [0, 0.05) is 12.2 Å². The molecular weight excluding hydrogens is 262 g/mol. The zero-order valence-corrected chi connectivity index (χ0v) is 11.5. The molecule has 1 amide bonds. The van der Waals surface area contributed by atoms with Gasteiger partial charge in [0.15, 0.2) is 0 Å². The van der Waals surface area contributed by atoms with E-state index in [0.717, 1.165) is 19.3 Å². The van der Waals surface area contributed by atoms with Crippen molar-refractivity contribution in [1.29, 1.82) is 5.26 Å². The molecule has 0 saturated heterocycles. The van der Waals surface area contributed by atoms with Crippen molar-refractivity contribution in [3.63, 3.8) is 0 Å². The summed E-state index contributed by atoms with van der Waals surface area (Å²) in [6.07, 6.45) is 4.21. The van der Waals surface area contributed by atoms with Crippen LogP contribution in [0.3, 0.4) is 0 Å². The Balaban J connectivity index is 1.67. The fourth-order valence-corrected chi connectivity index (χ4v) is 2.67. The summed E-state index contributed by atoms with van der Waals surface area (Å²) >= 11 is 0. The number of nitrogens with one attached hydrogen (secondary N) is 1. The fraction of sp³-hybridized carbons (Fsp3) is 0.235. The lowest BCUT2D eigenvalue weighted by atomic mass is 9.88. The minimum Gasteiger partial charge on any atom is -0.348 e. The van der Waals surface area contributed by atoms with E-state index in [1.807, 2.05) is 12.1 Å². The van der Waals surface area contributed by atoms with Gasteiger partial charge in [0.25, 0.3) is 5.91 Å². The molecule has 0 fully saturated rings. The first kappa shape index (κ1) is 13.3. The van der Waals surface area contributed by atoms with E-state index in [0.29, 0.717) is 11.3 Å². The molecule has 3 rings (SSSR count). The van der Waals surface area contributed by atoms with E-state index in [9.17, 15) is 4.79 Å². The van der Waals surface area contributed by atoms with Gasteiger partial charge in [-0.3, -0.25) is 4.79 Å². The number of pyridine rings is 1. The molecule has 1 aromatic carbocycles. The Hall–Kier alpha value is -2.67. The highest BCUT2D eigenvalue weighted by molar-refractivity contribution is 5.92. The van der Waals surface area contributed by atoms with Gasteiger partial charge in [-0.05, 0) is 42.5 Å². The summed E-state index contributed by atoms with van der Waals surface area (Å²) in [5, 5.41) is 11.8. The lowest BCUT2D eigenvalue weighted by Gasteiger charge is -2.25. The maximum atomic E-state index is 12.2. The maximum absolute atomic E-state index is 12.2. The highest BCUT2D eigenvalue weighted by atomic mass is 16.1. The topological polar surface area (TPSA) is 65.8 Å². The molecule has 1 unspecified atom stereocenters. The zero-order valence-electron chi connectivity index (χ0n) is 11.5. The summed E-state index contributed by atoms with van der Waals surface area (Å²) in [5.74, 6) is -0.177. The van der Waals surface area contributed by atoms with Gasteiger partial charge >= 0.3 is 0 Å². The lowest BCUT2D eigenvalue weighted by Crippen LogP contribution is -2.39. The first-order valence-corrected chi connectivity index (χ1v) is 7.00. The first-order valence-electron chi connectivity index (χ1n) is 7.00. The van der Waals surface area contributed by atoms with Crippen molar-refractivity contribution in [3.8, 4) is 6.07 Å². The van der Waals surface area contributed by atoms with Crippen LogP contribution in [0.5, 0.6) is 0 Å². The molecule has 21 heavy (non-hydrogen) atoms. The Kier molecular flexibility index (Phi) is 3.65. The average Bonchev–Trinajstić information content (AvgIpc) is 2.55. The third-order valence-electron chi connectivity index (χ3n) is 3.81. The molecule has 1 N–H and O–H groups in total.